The monoisotopic (exact) mass is 193 g/mol. The Hall–Kier alpha value is -1.35. The molecule has 0 atom stereocenters. The van der Waals surface area contributed by atoms with E-state index in [-0.39, 0.29) is 5.75 Å². The Labute approximate surface area is 84.1 Å². The van der Waals surface area contributed by atoms with E-state index in [1.165, 1.54) is 0 Å². The molecular formula is C11H15NO2. The molecule has 1 rings (SSSR count). The van der Waals surface area contributed by atoms with Crippen molar-refractivity contribution in [1.29, 1.82) is 0 Å². The topological polar surface area (TPSA) is 41.8 Å². The number of benzene rings is 1. The fourth-order valence-corrected chi connectivity index (χ4v) is 1.17. The van der Waals surface area contributed by atoms with Crippen molar-refractivity contribution in [2.75, 3.05) is 20.3 Å². The van der Waals surface area contributed by atoms with Crippen LogP contribution in [-0.2, 0) is 4.74 Å². The van der Waals surface area contributed by atoms with Crippen LogP contribution in [0.4, 0.5) is 0 Å². The number of phenols is 1. The molecule has 0 saturated heterocycles. The lowest BCUT2D eigenvalue weighted by Crippen LogP contribution is -2.00. The first-order valence-electron chi connectivity index (χ1n) is 4.54. The van der Waals surface area contributed by atoms with Gasteiger partial charge in [0, 0.05) is 18.4 Å². The molecule has 0 aliphatic carbocycles. The minimum atomic E-state index is 0.270. The first kappa shape index (κ1) is 10.7. The molecule has 76 valence electrons. The van der Waals surface area contributed by atoms with Crippen molar-refractivity contribution >= 4 is 5.71 Å². The van der Waals surface area contributed by atoms with Gasteiger partial charge in [0.1, 0.15) is 5.75 Å². The maximum atomic E-state index is 9.53. The average molecular weight is 193 g/mol. The average Bonchev–Trinajstić information content (AvgIpc) is 2.18. The number of hydrogen-bond donors (Lipinski definition) is 1. The first-order chi connectivity index (χ1) is 6.75. The number of para-hydroxylation sites is 1. The standard InChI is InChI=1S/C11H15NO2/c1-9(12-7-8-14-2)10-5-3-4-6-11(10)13/h3-6,13H,7-8H2,1-2H3. The highest BCUT2D eigenvalue weighted by Gasteiger charge is 2.01. The highest BCUT2D eigenvalue weighted by atomic mass is 16.5. The van der Waals surface area contributed by atoms with Crippen LogP contribution in [0.1, 0.15) is 12.5 Å². The minimum absolute atomic E-state index is 0.270. The van der Waals surface area contributed by atoms with Gasteiger partial charge in [-0.3, -0.25) is 4.99 Å². The molecule has 3 heteroatoms. The summed E-state index contributed by atoms with van der Waals surface area (Å²) in [6.07, 6.45) is 0. The van der Waals surface area contributed by atoms with Crippen molar-refractivity contribution in [2.45, 2.75) is 6.92 Å². The van der Waals surface area contributed by atoms with E-state index in [4.69, 9.17) is 4.74 Å². The van der Waals surface area contributed by atoms with E-state index < -0.39 is 0 Å². The number of methoxy groups -OCH3 is 1. The summed E-state index contributed by atoms with van der Waals surface area (Å²) in [5.74, 6) is 0.270. The van der Waals surface area contributed by atoms with Crippen LogP contribution < -0.4 is 0 Å². The highest BCUT2D eigenvalue weighted by molar-refractivity contribution is 6.00. The lowest BCUT2D eigenvalue weighted by molar-refractivity contribution is 0.208. The number of aromatic hydroxyl groups is 1. The molecule has 0 aliphatic heterocycles. The summed E-state index contributed by atoms with van der Waals surface area (Å²) in [4.78, 5) is 4.28. The fourth-order valence-electron chi connectivity index (χ4n) is 1.17. The Morgan fingerprint density at radius 1 is 1.43 bits per heavy atom. The zero-order valence-electron chi connectivity index (χ0n) is 8.53. The van der Waals surface area contributed by atoms with Crippen molar-refractivity contribution in [3.63, 3.8) is 0 Å². The normalized spacial score (nSPS) is 11.7. The molecule has 0 spiro atoms. The van der Waals surface area contributed by atoms with Crippen LogP contribution in [0.25, 0.3) is 0 Å². The van der Waals surface area contributed by atoms with Crippen LogP contribution in [0.15, 0.2) is 29.3 Å². The quantitative estimate of drug-likeness (QED) is 0.585. The summed E-state index contributed by atoms with van der Waals surface area (Å²) in [5.41, 5.74) is 1.61. The molecule has 0 unspecified atom stereocenters. The van der Waals surface area contributed by atoms with Crippen LogP contribution in [0.5, 0.6) is 5.75 Å². The molecule has 14 heavy (non-hydrogen) atoms. The van der Waals surface area contributed by atoms with Crippen LogP contribution in [-0.4, -0.2) is 31.1 Å². The van der Waals surface area contributed by atoms with Gasteiger partial charge in [0.25, 0.3) is 0 Å². The molecule has 0 heterocycles. The van der Waals surface area contributed by atoms with Crippen molar-refractivity contribution in [3.05, 3.63) is 29.8 Å². The highest BCUT2D eigenvalue weighted by Crippen LogP contribution is 2.16. The van der Waals surface area contributed by atoms with E-state index >= 15 is 0 Å². The Balaban J connectivity index is 2.73. The molecule has 0 radical (unpaired) electrons. The Morgan fingerprint density at radius 3 is 2.79 bits per heavy atom. The summed E-state index contributed by atoms with van der Waals surface area (Å²) >= 11 is 0. The maximum Gasteiger partial charge on any atom is 0.124 e. The molecule has 0 saturated carbocycles. The van der Waals surface area contributed by atoms with E-state index in [1.54, 1.807) is 19.2 Å². The molecule has 3 nitrogen and oxygen atoms in total. The number of ether oxygens (including phenoxy) is 1. The van der Waals surface area contributed by atoms with Gasteiger partial charge in [-0.1, -0.05) is 12.1 Å². The van der Waals surface area contributed by atoms with Gasteiger partial charge < -0.3 is 9.84 Å². The zero-order chi connectivity index (χ0) is 10.4. The predicted octanol–water partition coefficient (Wildman–Crippen LogP) is 1.85. The van der Waals surface area contributed by atoms with Crippen molar-refractivity contribution < 1.29 is 9.84 Å². The maximum absolute atomic E-state index is 9.53. The molecule has 1 aromatic rings. The smallest absolute Gasteiger partial charge is 0.124 e. The van der Waals surface area contributed by atoms with E-state index in [0.717, 1.165) is 11.3 Å². The van der Waals surface area contributed by atoms with Crippen LogP contribution in [0.3, 0.4) is 0 Å². The zero-order valence-corrected chi connectivity index (χ0v) is 8.53. The lowest BCUT2D eigenvalue weighted by atomic mass is 10.1. The number of aliphatic imine (C=N–C) groups is 1. The van der Waals surface area contributed by atoms with E-state index in [1.807, 2.05) is 19.1 Å². The molecule has 0 aliphatic rings. The third-order valence-corrected chi connectivity index (χ3v) is 1.94. The second-order valence-electron chi connectivity index (χ2n) is 2.98. The van der Waals surface area contributed by atoms with Gasteiger partial charge in [0.15, 0.2) is 0 Å². The molecule has 0 amide bonds. The van der Waals surface area contributed by atoms with Crippen LogP contribution >= 0.6 is 0 Å². The lowest BCUT2D eigenvalue weighted by Gasteiger charge is -2.03. The van der Waals surface area contributed by atoms with Gasteiger partial charge in [-0.15, -0.1) is 0 Å². The van der Waals surface area contributed by atoms with Crippen LogP contribution in [0.2, 0.25) is 0 Å². The summed E-state index contributed by atoms with van der Waals surface area (Å²) in [7, 11) is 1.64. The second kappa shape index (κ2) is 5.40. The minimum Gasteiger partial charge on any atom is -0.507 e. The molecule has 0 fully saturated rings. The number of nitrogens with zero attached hydrogens (tertiary/aromatic N) is 1. The Bertz CT molecular complexity index is 321. The number of hydrogen-bond acceptors (Lipinski definition) is 3. The fraction of sp³-hybridized carbons (Fsp3) is 0.364. The third kappa shape index (κ3) is 2.85. The van der Waals surface area contributed by atoms with E-state index in [2.05, 4.69) is 4.99 Å². The van der Waals surface area contributed by atoms with Crippen molar-refractivity contribution in [3.8, 4) is 5.75 Å². The largest absolute Gasteiger partial charge is 0.507 e. The first-order valence-corrected chi connectivity index (χ1v) is 4.54. The van der Waals surface area contributed by atoms with Gasteiger partial charge >= 0.3 is 0 Å². The van der Waals surface area contributed by atoms with E-state index in [9.17, 15) is 5.11 Å². The number of phenolic OH excluding ortho intramolecular Hbond substituents is 1. The summed E-state index contributed by atoms with van der Waals surface area (Å²) < 4.78 is 4.89. The molecule has 1 aromatic carbocycles. The molecule has 0 aromatic heterocycles. The van der Waals surface area contributed by atoms with Crippen molar-refractivity contribution in [1.82, 2.24) is 0 Å². The predicted molar refractivity (Wildman–Crippen MR) is 57.1 cm³/mol. The summed E-state index contributed by atoms with van der Waals surface area (Å²) in [6, 6.07) is 7.18. The Morgan fingerprint density at radius 2 is 2.14 bits per heavy atom. The van der Waals surface area contributed by atoms with Gasteiger partial charge in [-0.25, -0.2) is 0 Å². The van der Waals surface area contributed by atoms with Gasteiger partial charge in [0.2, 0.25) is 0 Å². The molecule has 0 bridgehead atoms. The van der Waals surface area contributed by atoms with Crippen molar-refractivity contribution in [2.24, 2.45) is 4.99 Å². The Kier molecular flexibility index (Phi) is 4.13. The molecular weight excluding hydrogens is 178 g/mol. The second-order valence-corrected chi connectivity index (χ2v) is 2.98. The van der Waals surface area contributed by atoms with Crippen LogP contribution in [0, 0.1) is 0 Å². The van der Waals surface area contributed by atoms with E-state index in [0.29, 0.717) is 13.2 Å². The number of rotatable bonds is 4. The third-order valence-electron chi connectivity index (χ3n) is 1.94. The SMILES string of the molecule is COCCN=C(C)c1ccccc1O. The summed E-state index contributed by atoms with van der Waals surface area (Å²) in [6.45, 7) is 3.10. The summed E-state index contributed by atoms with van der Waals surface area (Å²) in [5, 5.41) is 9.53. The molecule has 1 N–H and O–H groups in total. The van der Waals surface area contributed by atoms with Gasteiger partial charge in [0.05, 0.1) is 13.2 Å². The van der Waals surface area contributed by atoms with Gasteiger partial charge in [-0.2, -0.15) is 0 Å². The van der Waals surface area contributed by atoms with Gasteiger partial charge in [-0.05, 0) is 19.1 Å².